The van der Waals surface area contributed by atoms with E-state index < -0.39 is 5.97 Å². The summed E-state index contributed by atoms with van der Waals surface area (Å²) in [7, 11) is 0. The molecule has 2 rings (SSSR count). The van der Waals surface area contributed by atoms with E-state index in [1.165, 1.54) is 15.3 Å². The van der Waals surface area contributed by atoms with Gasteiger partial charge in [0.25, 0.3) is 0 Å². The van der Waals surface area contributed by atoms with Crippen molar-refractivity contribution in [2.24, 2.45) is 5.92 Å². The van der Waals surface area contributed by atoms with E-state index in [-0.39, 0.29) is 24.2 Å². The first-order valence-corrected chi connectivity index (χ1v) is 10.6. The summed E-state index contributed by atoms with van der Waals surface area (Å²) in [6.07, 6.45) is 11.5. The Morgan fingerprint density at radius 2 is 2.07 bits per heavy atom. The number of aliphatic carboxylic acids is 1. The van der Waals surface area contributed by atoms with E-state index in [9.17, 15) is 14.7 Å². The molecule has 5 heteroatoms. The molecule has 0 spiro atoms. The summed E-state index contributed by atoms with van der Waals surface area (Å²) in [5.41, 5.74) is 1.19. The molecule has 148 valence electrons. The summed E-state index contributed by atoms with van der Waals surface area (Å²) >= 11 is 1.75. The highest BCUT2D eigenvalue weighted by Gasteiger charge is 2.28. The molecule has 1 aliphatic rings. The molecule has 1 saturated carbocycles. The zero-order valence-corrected chi connectivity index (χ0v) is 16.8. The minimum atomic E-state index is -0.765. The fourth-order valence-corrected chi connectivity index (χ4v) is 4.36. The molecule has 1 unspecified atom stereocenters. The van der Waals surface area contributed by atoms with Crippen molar-refractivity contribution < 1.29 is 19.8 Å². The van der Waals surface area contributed by atoms with E-state index >= 15 is 0 Å². The Kier molecular flexibility index (Phi) is 8.95. The number of rotatable bonds is 11. The molecule has 4 nitrogen and oxygen atoms in total. The van der Waals surface area contributed by atoms with Crippen molar-refractivity contribution in [2.75, 3.05) is 0 Å². The number of carboxylic acid groups (broad SMARTS) is 1. The number of ketones is 1. The van der Waals surface area contributed by atoms with Crippen molar-refractivity contribution in [3.05, 3.63) is 45.7 Å². The van der Waals surface area contributed by atoms with Gasteiger partial charge in [0.05, 0.1) is 6.10 Å². The number of carboxylic acids is 1. The summed E-state index contributed by atoms with van der Waals surface area (Å²) in [4.78, 5) is 25.2. The molecule has 1 fully saturated rings. The lowest BCUT2D eigenvalue weighted by atomic mass is 9.95. The number of hydrogen-bond acceptors (Lipinski definition) is 4. The van der Waals surface area contributed by atoms with Crippen LogP contribution in [0.25, 0.3) is 0 Å². The van der Waals surface area contributed by atoms with Gasteiger partial charge < -0.3 is 10.2 Å². The normalized spacial score (nSPS) is 21.3. The first-order chi connectivity index (χ1) is 13.0. The third-order valence-corrected chi connectivity index (χ3v) is 6.09. The minimum Gasteiger partial charge on any atom is -0.481 e. The Balaban J connectivity index is 1.76. The molecule has 0 saturated heterocycles. The molecule has 0 aliphatic heterocycles. The van der Waals surface area contributed by atoms with Crippen LogP contribution >= 0.6 is 11.3 Å². The van der Waals surface area contributed by atoms with Gasteiger partial charge >= 0.3 is 5.97 Å². The summed E-state index contributed by atoms with van der Waals surface area (Å²) < 4.78 is 0. The van der Waals surface area contributed by atoms with Crippen LogP contribution in [0, 0.1) is 12.8 Å². The van der Waals surface area contributed by atoms with Crippen LogP contribution in [-0.2, 0) is 16.0 Å². The van der Waals surface area contributed by atoms with Gasteiger partial charge in [0.1, 0.15) is 5.78 Å². The van der Waals surface area contributed by atoms with Crippen molar-refractivity contribution in [1.82, 2.24) is 0 Å². The van der Waals surface area contributed by atoms with Crippen LogP contribution in [0.3, 0.4) is 0 Å². The van der Waals surface area contributed by atoms with Crippen molar-refractivity contribution in [1.29, 1.82) is 0 Å². The van der Waals surface area contributed by atoms with Crippen molar-refractivity contribution in [3.8, 4) is 0 Å². The van der Waals surface area contributed by atoms with Gasteiger partial charge in [-0.1, -0.05) is 23.8 Å². The number of aliphatic hydroxyl groups excluding tert-OH is 1. The second kappa shape index (κ2) is 11.2. The second-order valence-corrected chi connectivity index (χ2v) is 8.61. The molecule has 27 heavy (non-hydrogen) atoms. The summed E-state index contributed by atoms with van der Waals surface area (Å²) in [6, 6.07) is 4.18. The van der Waals surface area contributed by atoms with Gasteiger partial charge in [0.15, 0.2) is 0 Å². The Labute approximate surface area is 165 Å². The van der Waals surface area contributed by atoms with Gasteiger partial charge in [-0.3, -0.25) is 9.59 Å². The van der Waals surface area contributed by atoms with Gasteiger partial charge in [0, 0.05) is 34.9 Å². The van der Waals surface area contributed by atoms with E-state index in [4.69, 9.17) is 5.11 Å². The molecule has 0 bridgehead atoms. The molecular formula is C22H30O4S. The average Bonchev–Trinajstić information content (AvgIpc) is 3.20. The lowest BCUT2D eigenvalue weighted by Gasteiger charge is -2.14. The Morgan fingerprint density at radius 3 is 2.78 bits per heavy atom. The SMILES string of the molecule is Cc1ccc(CCC(=O)CC=C2CCC(O)[C@@H]2CC=CCCCC(=O)O)s1. The predicted molar refractivity (Wildman–Crippen MR) is 109 cm³/mol. The van der Waals surface area contributed by atoms with E-state index in [1.807, 2.05) is 18.2 Å². The standard InChI is InChI=1S/C22H30O4S/c1-16-8-13-19(27-16)14-12-18(23)11-9-17-10-15-21(24)20(17)6-4-2-3-5-7-22(25)26/h2,4,8-9,13,20-21,24H,3,5-7,10-12,14-15H2,1H3,(H,25,26)/t20-,21?/m1/s1. The lowest BCUT2D eigenvalue weighted by Crippen LogP contribution is -2.13. The first kappa shape index (κ1) is 21.6. The van der Waals surface area contributed by atoms with E-state index in [2.05, 4.69) is 19.1 Å². The number of thiophene rings is 1. The fourth-order valence-electron chi connectivity index (χ4n) is 3.47. The van der Waals surface area contributed by atoms with Crippen molar-refractivity contribution in [3.63, 3.8) is 0 Å². The summed E-state index contributed by atoms with van der Waals surface area (Å²) in [5.74, 6) is -0.426. The lowest BCUT2D eigenvalue weighted by molar-refractivity contribution is -0.137. The third-order valence-electron chi connectivity index (χ3n) is 5.03. The number of carbonyl (C=O) groups is 2. The number of allylic oxidation sites excluding steroid dienone is 3. The third kappa shape index (κ3) is 7.81. The number of aliphatic hydroxyl groups is 1. The van der Waals surface area contributed by atoms with Crippen LogP contribution in [0.15, 0.2) is 35.9 Å². The molecule has 1 aromatic rings. The monoisotopic (exact) mass is 390 g/mol. The topological polar surface area (TPSA) is 74.6 Å². The summed E-state index contributed by atoms with van der Waals surface area (Å²) in [6.45, 7) is 2.08. The maximum atomic E-state index is 12.2. The number of unbranched alkanes of at least 4 members (excludes halogenated alkanes) is 1. The molecule has 0 radical (unpaired) electrons. The largest absolute Gasteiger partial charge is 0.481 e. The molecule has 1 aromatic heterocycles. The van der Waals surface area contributed by atoms with Crippen molar-refractivity contribution >= 4 is 23.1 Å². The smallest absolute Gasteiger partial charge is 0.303 e. The molecule has 0 amide bonds. The van der Waals surface area contributed by atoms with E-state index in [1.54, 1.807) is 11.3 Å². The van der Waals surface area contributed by atoms with Crippen LogP contribution in [-0.4, -0.2) is 28.1 Å². The number of aryl methyl sites for hydroxylation is 2. The molecule has 0 aromatic carbocycles. The number of hydrogen-bond donors (Lipinski definition) is 2. The number of carbonyl (C=O) groups excluding carboxylic acids is 1. The Bertz CT molecular complexity index is 686. The van der Waals surface area contributed by atoms with Crippen LogP contribution in [0.2, 0.25) is 0 Å². The molecule has 1 heterocycles. The predicted octanol–water partition coefficient (Wildman–Crippen LogP) is 4.85. The van der Waals surface area contributed by atoms with Crippen LogP contribution in [0.4, 0.5) is 0 Å². The number of Topliss-reactive ketones (excluding diaryl/α,β-unsaturated/α-hetero) is 1. The molecular weight excluding hydrogens is 360 g/mol. The van der Waals surface area contributed by atoms with Crippen LogP contribution < -0.4 is 0 Å². The minimum absolute atomic E-state index is 0.0912. The second-order valence-electron chi connectivity index (χ2n) is 7.24. The van der Waals surface area contributed by atoms with Gasteiger partial charge in [-0.05, 0) is 57.6 Å². The zero-order chi connectivity index (χ0) is 19.6. The molecule has 1 aliphatic carbocycles. The maximum Gasteiger partial charge on any atom is 0.303 e. The van der Waals surface area contributed by atoms with E-state index in [0.717, 1.165) is 32.1 Å². The van der Waals surface area contributed by atoms with E-state index in [0.29, 0.717) is 19.3 Å². The quantitative estimate of drug-likeness (QED) is 0.418. The molecule has 2 atom stereocenters. The van der Waals surface area contributed by atoms with Crippen LogP contribution in [0.5, 0.6) is 0 Å². The van der Waals surface area contributed by atoms with Gasteiger partial charge in [-0.15, -0.1) is 11.3 Å². The maximum absolute atomic E-state index is 12.2. The summed E-state index contributed by atoms with van der Waals surface area (Å²) in [5, 5.41) is 18.8. The first-order valence-electron chi connectivity index (χ1n) is 9.76. The van der Waals surface area contributed by atoms with Gasteiger partial charge in [-0.25, -0.2) is 0 Å². The van der Waals surface area contributed by atoms with Crippen LogP contribution in [0.1, 0.15) is 61.1 Å². The fraction of sp³-hybridized carbons (Fsp3) is 0.545. The Morgan fingerprint density at radius 1 is 1.26 bits per heavy atom. The zero-order valence-electron chi connectivity index (χ0n) is 16.0. The highest BCUT2D eigenvalue weighted by atomic mass is 32.1. The van der Waals surface area contributed by atoms with Gasteiger partial charge in [-0.2, -0.15) is 0 Å². The van der Waals surface area contributed by atoms with Gasteiger partial charge in [0.2, 0.25) is 0 Å². The molecule has 2 N–H and O–H groups in total. The van der Waals surface area contributed by atoms with Crippen molar-refractivity contribution in [2.45, 2.75) is 70.8 Å². The highest BCUT2D eigenvalue weighted by molar-refractivity contribution is 7.11. The highest BCUT2D eigenvalue weighted by Crippen LogP contribution is 2.34. The average molecular weight is 391 g/mol. The Hall–Kier alpha value is -1.72.